The number of aryl methyl sites for hydroxylation is 1. The lowest BCUT2D eigenvalue weighted by Gasteiger charge is -2.24. The molecule has 0 spiro atoms. The predicted octanol–water partition coefficient (Wildman–Crippen LogP) is 2.54. The highest BCUT2D eigenvalue weighted by Crippen LogP contribution is 2.27. The molecule has 0 atom stereocenters. The minimum absolute atomic E-state index is 0.142. The normalized spacial score (nSPS) is 14.6. The van der Waals surface area contributed by atoms with Crippen molar-refractivity contribution < 1.29 is 0 Å². The number of para-hydroxylation sites is 2. The number of rotatable bonds is 3. The maximum atomic E-state index is 11.8. The maximum absolute atomic E-state index is 11.8. The van der Waals surface area contributed by atoms with E-state index >= 15 is 0 Å². The molecule has 0 aliphatic carbocycles. The third-order valence-corrected chi connectivity index (χ3v) is 4.62. The van der Waals surface area contributed by atoms with E-state index in [1.165, 1.54) is 22.7 Å². The van der Waals surface area contributed by atoms with Crippen LogP contribution in [-0.2, 0) is 6.54 Å². The van der Waals surface area contributed by atoms with Crippen molar-refractivity contribution in [3.63, 3.8) is 0 Å². The highest BCUT2D eigenvalue weighted by Gasteiger charge is 2.14. The molecule has 0 radical (unpaired) electrons. The average Bonchev–Trinajstić information content (AvgIpc) is 2.67. The number of aromatic nitrogens is 1. The summed E-state index contributed by atoms with van der Waals surface area (Å²) >= 11 is 1.28. The van der Waals surface area contributed by atoms with E-state index in [9.17, 15) is 4.79 Å². The van der Waals surface area contributed by atoms with Crippen LogP contribution in [0.25, 0.3) is 0 Å². The topological polar surface area (TPSA) is 37.3 Å². The highest BCUT2D eigenvalue weighted by atomic mass is 32.1. The number of thiazole rings is 1. The first kappa shape index (κ1) is 13.2. The fraction of sp³-hybridized carbons (Fsp3) is 0.400. The monoisotopic (exact) mass is 289 g/mol. The van der Waals surface area contributed by atoms with Crippen molar-refractivity contribution in [2.45, 2.75) is 19.9 Å². The SMILES string of the molecule is Cc1csc(=O)n1CCN1CCCNc2ccccc21. The Morgan fingerprint density at radius 3 is 2.95 bits per heavy atom. The third-order valence-electron chi connectivity index (χ3n) is 3.73. The van der Waals surface area contributed by atoms with Crippen molar-refractivity contribution in [1.82, 2.24) is 4.57 Å². The third kappa shape index (κ3) is 2.58. The summed E-state index contributed by atoms with van der Waals surface area (Å²) in [7, 11) is 0. The summed E-state index contributed by atoms with van der Waals surface area (Å²) in [5, 5.41) is 5.39. The van der Waals surface area contributed by atoms with Crippen LogP contribution in [0.3, 0.4) is 0 Å². The van der Waals surface area contributed by atoms with E-state index < -0.39 is 0 Å². The molecule has 1 aliphatic rings. The number of nitrogens with one attached hydrogen (secondary N) is 1. The molecule has 0 unspecified atom stereocenters. The van der Waals surface area contributed by atoms with Crippen LogP contribution in [0.5, 0.6) is 0 Å². The van der Waals surface area contributed by atoms with Crippen LogP contribution < -0.4 is 15.1 Å². The molecule has 0 saturated carbocycles. The lowest BCUT2D eigenvalue weighted by atomic mass is 10.2. The van der Waals surface area contributed by atoms with Crippen molar-refractivity contribution in [1.29, 1.82) is 0 Å². The lowest BCUT2D eigenvalue weighted by molar-refractivity contribution is 0.632. The minimum atomic E-state index is 0.142. The Labute approximate surface area is 122 Å². The molecule has 0 fully saturated rings. The molecule has 106 valence electrons. The first-order valence-electron chi connectivity index (χ1n) is 6.98. The quantitative estimate of drug-likeness (QED) is 0.943. The fourth-order valence-corrected chi connectivity index (χ4v) is 3.40. The molecule has 1 N–H and O–H groups in total. The molecular formula is C15H19N3OS. The van der Waals surface area contributed by atoms with Crippen molar-refractivity contribution in [3.8, 4) is 0 Å². The fourth-order valence-electron chi connectivity index (χ4n) is 2.64. The molecule has 4 nitrogen and oxygen atoms in total. The maximum Gasteiger partial charge on any atom is 0.307 e. The van der Waals surface area contributed by atoms with Crippen molar-refractivity contribution in [2.24, 2.45) is 0 Å². The van der Waals surface area contributed by atoms with Gasteiger partial charge in [0.15, 0.2) is 0 Å². The summed E-state index contributed by atoms with van der Waals surface area (Å²) in [4.78, 5) is 14.3. The van der Waals surface area contributed by atoms with Crippen molar-refractivity contribution in [3.05, 3.63) is 45.0 Å². The molecule has 0 amide bonds. The Balaban J connectivity index is 1.79. The molecule has 2 heterocycles. The largest absolute Gasteiger partial charge is 0.383 e. The van der Waals surface area contributed by atoms with Crippen LogP contribution in [0.1, 0.15) is 12.1 Å². The van der Waals surface area contributed by atoms with Gasteiger partial charge >= 0.3 is 4.87 Å². The minimum Gasteiger partial charge on any atom is -0.383 e. The van der Waals surface area contributed by atoms with Crippen LogP contribution in [0, 0.1) is 6.92 Å². The molecule has 0 bridgehead atoms. The summed E-state index contributed by atoms with van der Waals surface area (Å²) in [5.41, 5.74) is 3.49. The van der Waals surface area contributed by atoms with Crippen LogP contribution in [0.4, 0.5) is 11.4 Å². The standard InChI is InChI=1S/C15H19N3OS/c1-12-11-20-15(19)18(12)10-9-17-8-4-7-16-13-5-2-3-6-14(13)17/h2-3,5-6,11,16H,4,7-10H2,1H3. The van der Waals surface area contributed by atoms with Crippen LogP contribution in [-0.4, -0.2) is 24.2 Å². The number of nitrogens with zero attached hydrogens (tertiary/aromatic N) is 2. The van der Waals surface area contributed by atoms with Gasteiger partial charge in [-0.3, -0.25) is 4.79 Å². The van der Waals surface area contributed by atoms with Crippen LogP contribution in [0.2, 0.25) is 0 Å². The first-order chi connectivity index (χ1) is 9.75. The summed E-state index contributed by atoms with van der Waals surface area (Å²) in [6.07, 6.45) is 1.12. The zero-order valence-electron chi connectivity index (χ0n) is 11.6. The Hall–Kier alpha value is -1.75. The van der Waals surface area contributed by atoms with E-state index in [2.05, 4.69) is 34.5 Å². The molecule has 0 saturated heterocycles. The van der Waals surface area contributed by atoms with Gasteiger partial charge in [-0.15, -0.1) is 0 Å². The summed E-state index contributed by atoms with van der Waals surface area (Å²) in [6.45, 7) is 5.65. The van der Waals surface area contributed by atoms with E-state index in [0.29, 0.717) is 0 Å². The molecule has 1 aromatic carbocycles. The molecule has 2 aromatic rings. The van der Waals surface area contributed by atoms with E-state index in [4.69, 9.17) is 0 Å². The van der Waals surface area contributed by atoms with Crippen LogP contribution >= 0.6 is 11.3 Å². The Morgan fingerprint density at radius 1 is 1.30 bits per heavy atom. The second-order valence-electron chi connectivity index (χ2n) is 5.08. The number of benzene rings is 1. The Morgan fingerprint density at radius 2 is 2.15 bits per heavy atom. The van der Waals surface area contributed by atoms with Gasteiger partial charge in [0.2, 0.25) is 0 Å². The lowest BCUT2D eigenvalue weighted by Crippen LogP contribution is -2.30. The number of anilines is 2. The van der Waals surface area contributed by atoms with Crippen molar-refractivity contribution >= 4 is 22.7 Å². The molecule has 1 aliphatic heterocycles. The Kier molecular flexibility index (Phi) is 3.78. The number of fused-ring (bicyclic) bond motifs is 1. The Bertz CT molecular complexity index is 647. The van der Waals surface area contributed by atoms with Gasteiger partial charge in [0, 0.05) is 37.3 Å². The summed E-state index contributed by atoms with van der Waals surface area (Å²) in [5.74, 6) is 0. The summed E-state index contributed by atoms with van der Waals surface area (Å²) < 4.78 is 1.87. The first-order valence-corrected chi connectivity index (χ1v) is 7.86. The van der Waals surface area contributed by atoms with Crippen LogP contribution in [0.15, 0.2) is 34.4 Å². The second-order valence-corrected chi connectivity index (χ2v) is 5.90. The molecule has 3 rings (SSSR count). The predicted molar refractivity (Wildman–Crippen MR) is 85.1 cm³/mol. The molecule has 20 heavy (non-hydrogen) atoms. The molecule has 5 heteroatoms. The van der Waals surface area contributed by atoms with Gasteiger partial charge in [0.05, 0.1) is 11.4 Å². The second kappa shape index (κ2) is 5.71. The molecular weight excluding hydrogens is 270 g/mol. The van der Waals surface area contributed by atoms with E-state index in [-0.39, 0.29) is 4.87 Å². The van der Waals surface area contributed by atoms with Gasteiger partial charge in [0.25, 0.3) is 0 Å². The van der Waals surface area contributed by atoms with Gasteiger partial charge in [-0.2, -0.15) is 0 Å². The zero-order valence-corrected chi connectivity index (χ0v) is 12.4. The van der Waals surface area contributed by atoms with Crippen molar-refractivity contribution in [2.75, 3.05) is 29.9 Å². The zero-order chi connectivity index (χ0) is 13.9. The van der Waals surface area contributed by atoms with Gasteiger partial charge < -0.3 is 14.8 Å². The van der Waals surface area contributed by atoms with Gasteiger partial charge in [0.1, 0.15) is 0 Å². The van der Waals surface area contributed by atoms with E-state index in [0.717, 1.165) is 38.3 Å². The number of hydrogen-bond donors (Lipinski definition) is 1. The van der Waals surface area contributed by atoms with Gasteiger partial charge in [-0.1, -0.05) is 23.5 Å². The number of hydrogen-bond acceptors (Lipinski definition) is 4. The van der Waals surface area contributed by atoms with E-state index in [1.54, 1.807) is 0 Å². The average molecular weight is 289 g/mol. The molecule has 1 aromatic heterocycles. The van der Waals surface area contributed by atoms with Gasteiger partial charge in [-0.25, -0.2) is 0 Å². The van der Waals surface area contributed by atoms with E-state index in [1.807, 2.05) is 16.9 Å². The smallest absolute Gasteiger partial charge is 0.307 e. The highest BCUT2D eigenvalue weighted by molar-refractivity contribution is 7.07. The summed E-state index contributed by atoms with van der Waals surface area (Å²) in [6, 6.07) is 8.40. The van der Waals surface area contributed by atoms with Gasteiger partial charge in [-0.05, 0) is 25.5 Å².